The van der Waals surface area contributed by atoms with Gasteiger partial charge in [0.05, 0.1) is 12.2 Å². The molecule has 3 rings (SSSR count). The van der Waals surface area contributed by atoms with Crippen LogP contribution >= 0.6 is 23.1 Å². The lowest BCUT2D eigenvalue weighted by atomic mass is 10.2. The number of aliphatic hydroxyl groups is 1. The van der Waals surface area contributed by atoms with Crippen molar-refractivity contribution < 1.29 is 9.90 Å². The number of hydrogen-bond acceptors (Lipinski definition) is 5. The van der Waals surface area contributed by atoms with Crippen molar-refractivity contribution in [2.75, 3.05) is 39.3 Å². The molecule has 0 bridgehead atoms. The van der Waals surface area contributed by atoms with Gasteiger partial charge in [-0.15, -0.1) is 23.1 Å². The third kappa shape index (κ3) is 4.39. The van der Waals surface area contributed by atoms with E-state index in [1.54, 1.807) is 23.1 Å². The van der Waals surface area contributed by atoms with Crippen molar-refractivity contribution in [3.8, 4) is 0 Å². The average molecular weight is 363 g/mol. The number of carbonyl (C=O) groups is 1. The molecule has 2 aromatic rings. The van der Waals surface area contributed by atoms with Crippen molar-refractivity contribution in [1.29, 1.82) is 0 Å². The van der Waals surface area contributed by atoms with E-state index in [0.29, 0.717) is 6.54 Å². The largest absolute Gasteiger partial charge is 0.395 e. The Hall–Kier alpha value is -1.34. The lowest BCUT2D eigenvalue weighted by Gasteiger charge is -2.34. The Morgan fingerprint density at radius 1 is 1.12 bits per heavy atom. The van der Waals surface area contributed by atoms with Gasteiger partial charge in [-0.25, -0.2) is 0 Å². The number of β-amino-alcohol motifs (C(OH)–C–C–N with tert-alkyl or cyclic N) is 1. The first-order valence-corrected chi connectivity index (χ1v) is 10.0. The van der Waals surface area contributed by atoms with Gasteiger partial charge >= 0.3 is 0 Å². The molecule has 128 valence electrons. The maximum absolute atomic E-state index is 12.9. The summed E-state index contributed by atoms with van der Waals surface area (Å²) in [5, 5.41) is 11.1. The second-order valence-electron chi connectivity index (χ2n) is 5.72. The van der Waals surface area contributed by atoms with Crippen LogP contribution in [0.4, 0.5) is 0 Å². The van der Waals surface area contributed by atoms with Crippen LogP contribution in [-0.4, -0.2) is 60.1 Å². The van der Waals surface area contributed by atoms with Crippen molar-refractivity contribution in [3.05, 3.63) is 52.2 Å². The summed E-state index contributed by atoms with van der Waals surface area (Å²) in [4.78, 5) is 19.4. The molecule has 24 heavy (non-hydrogen) atoms. The summed E-state index contributed by atoms with van der Waals surface area (Å²) < 4.78 is 0. The van der Waals surface area contributed by atoms with Crippen LogP contribution in [0.2, 0.25) is 0 Å². The number of thiophene rings is 1. The summed E-state index contributed by atoms with van der Waals surface area (Å²) in [6.07, 6.45) is 0. The van der Waals surface area contributed by atoms with Gasteiger partial charge in [-0.2, -0.15) is 0 Å². The van der Waals surface area contributed by atoms with Gasteiger partial charge in [0.2, 0.25) is 0 Å². The fraction of sp³-hybridized carbons (Fsp3) is 0.389. The molecule has 1 aliphatic heterocycles. The second kappa shape index (κ2) is 8.67. The molecule has 2 heterocycles. The minimum atomic E-state index is 0.118. The molecule has 0 saturated carbocycles. The molecular formula is C18H22N2O2S2. The maximum atomic E-state index is 12.9. The van der Waals surface area contributed by atoms with Crippen molar-refractivity contribution in [2.45, 2.75) is 10.6 Å². The van der Waals surface area contributed by atoms with Gasteiger partial charge in [0.25, 0.3) is 5.91 Å². The molecule has 1 saturated heterocycles. The molecule has 1 aromatic heterocycles. The lowest BCUT2D eigenvalue weighted by molar-refractivity contribution is 0.0611. The summed E-state index contributed by atoms with van der Waals surface area (Å²) >= 11 is 3.47. The van der Waals surface area contributed by atoms with E-state index in [2.05, 4.69) is 22.4 Å². The second-order valence-corrected chi connectivity index (χ2v) is 7.77. The van der Waals surface area contributed by atoms with E-state index in [9.17, 15) is 4.79 Å². The van der Waals surface area contributed by atoms with Gasteiger partial charge in [-0.1, -0.05) is 18.2 Å². The van der Waals surface area contributed by atoms with Crippen LogP contribution in [0.5, 0.6) is 0 Å². The number of amides is 1. The molecule has 0 radical (unpaired) electrons. The fourth-order valence-corrected chi connectivity index (χ4v) is 4.62. The predicted molar refractivity (Wildman–Crippen MR) is 99.8 cm³/mol. The van der Waals surface area contributed by atoms with Gasteiger partial charge in [-0.3, -0.25) is 9.69 Å². The topological polar surface area (TPSA) is 43.8 Å². The molecule has 1 amide bonds. The molecule has 1 aromatic carbocycles. The molecule has 6 heteroatoms. The Labute approximate surface area is 151 Å². The van der Waals surface area contributed by atoms with E-state index >= 15 is 0 Å². The lowest BCUT2D eigenvalue weighted by Crippen LogP contribution is -2.49. The third-order valence-corrected chi connectivity index (χ3v) is 6.32. The zero-order valence-corrected chi connectivity index (χ0v) is 15.2. The quantitative estimate of drug-likeness (QED) is 0.803. The Morgan fingerprint density at radius 2 is 1.92 bits per heavy atom. The highest BCUT2D eigenvalue weighted by Gasteiger charge is 2.23. The highest BCUT2D eigenvalue weighted by molar-refractivity contribution is 7.98. The van der Waals surface area contributed by atoms with Gasteiger partial charge in [-0.05, 0) is 23.6 Å². The number of hydrogen-bond donors (Lipinski definition) is 1. The molecule has 0 spiro atoms. The number of carbonyl (C=O) groups excluding carboxylic acids is 1. The predicted octanol–water partition coefficient (Wildman–Crippen LogP) is 2.79. The third-order valence-electron chi connectivity index (χ3n) is 4.14. The summed E-state index contributed by atoms with van der Waals surface area (Å²) in [6.45, 7) is 3.98. The highest BCUT2D eigenvalue weighted by Crippen LogP contribution is 2.28. The van der Waals surface area contributed by atoms with Crippen LogP contribution < -0.4 is 0 Å². The SMILES string of the molecule is O=C(c1ccccc1SCc1cccs1)N1CCN(CCO)CC1. The van der Waals surface area contributed by atoms with E-state index in [-0.39, 0.29) is 12.5 Å². The summed E-state index contributed by atoms with van der Waals surface area (Å²) in [6, 6.07) is 12.1. The molecular weight excluding hydrogens is 340 g/mol. The Balaban J connectivity index is 1.64. The molecule has 1 aliphatic rings. The van der Waals surface area contributed by atoms with Crippen LogP contribution in [0.15, 0.2) is 46.7 Å². The number of thioether (sulfide) groups is 1. The minimum Gasteiger partial charge on any atom is -0.395 e. The van der Waals surface area contributed by atoms with Crippen molar-refractivity contribution in [3.63, 3.8) is 0 Å². The van der Waals surface area contributed by atoms with Crippen LogP contribution in [0, 0.1) is 0 Å². The average Bonchev–Trinajstić information content (AvgIpc) is 3.14. The first-order chi connectivity index (χ1) is 11.8. The normalized spacial score (nSPS) is 15.6. The van der Waals surface area contributed by atoms with Crippen molar-refractivity contribution >= 4 is 29.0 Å². The zero-order valence-electron chi connectivity index (χ0n) is 13.6. The minimum absolute atomic E-state index is 0.118. The van der Waals surface area contributed by atoms with Crippen LogP contribution in [-0.2, 0) is 5.75 Å². The van der Waals surface area contributed by atoms with Gasteiger partial charge in [0.15, 0.2) is 0 Å². The molecule has 4 nitrogen and oxygen atoms in total. The van der Waals surface area contributed by atoms with E-state index in [4.69, 9.17) is 5.11 Å². The number of piperazine rings is 1. The van der Waals surface area contributed by atoms with Crippen molar-refractivity contribution in [2.24, 2.45) is 0 Å². The van der Waals surface area contributed by atoms with Gasteiger partial charge < -0.3 is 10.0 Å². The standard InChI is InChI=1S/C18H22N2O2S2/c21-12-11-19-7-9-20(10-8-19)18(22)16-5-1-2-6-17(16)24-14-15-4-3-13-23-15/h1-6,13,21H,7-12,14H2. The summed E-state index contributed by atoms with van der Waals surface area (Å²) in [7, 11) is 0. The van der Waals surface area contributed by atoms with Gasteiger partial charge in [0.1, 0.15) is 0 Å². The number of rotatable bonds is 6. The monoisotopic (exact) mass is 362 g/mol. The molecule has 0 atom stereocenters. The van der Waals surface area contributed by atoms with E-state index in [1.165, 1.54) is 4.88 Å². The van der Waals surface area contributed by atoms with Crippen LogP contribution in [0.25, 0.3) is 0 Å². The number of nitrogens with zero attached hydrogens (tertiary/aromatic N) is 2. The van der Waals surface area contributed by atoms with E-state index < -0.39 is 0 Å². The Kier molecular flexibility index (Phi) is 6.31. The van der Waals surface area contributed by atoms with Crippen LogP contribution in [0.1, 0.15) is 15.2 Å². The number of benzene rings is 1. The van der Waals surface area contributed by atoms with E-state index in [1.807, 2.05) is 29.2 Å². The molecule has 1 N–H and O–H groups in total. The molecule has 0 aliphatic carbocycles. The first-order valence-electron chi connectivity index (χ1n) is 8.14. The molecule has 1 fully saturated rings. The van der Waals surface area contributed by atoms with Crippen LogP contribution in [0.3, 0.4) is 0 Å². The Bertz CT molecular complexity index is 653. The van der Waals surface area contributed by atoms with Gasteiger partial charge in [0, 0.05) is 48.2 Å². The zero-order chi connectivity index (χ0) is 16.8. The Morgan fingerprint density at radius 3 is 2.62 bits per heavy atom. The summed E-state index contributed by atoms with van der Waals surface area (Å²) in [5.74, 6) is 1.01. The summed E-state index contributed by atoms with van der Waals surface area (Å²) in [5.41, 5.74) is 0.801. The highest BCUT2D eigenvalue weighted by atomic mass is 32.2. The maximum Gasteiger partial charge on any atom is 0.255 e. The first kappa shape index (κ1) is 17.5. The molecule has 0 unspecified atom stereocenters. The fourth-order valence-electron chi connectivity index (χ4n) is 2.80. The number of aliphatic hydroxyl groups excluding tert-OH is 1. The van der Waals surface area contributed by atoms with Crippen molar-refractivity contribution in [1.82, 2.24) is 9.80 Å². The van der Waals surface area contributed by atoms with E-state index in [0.717, 1.165) is 42.4 Å². The smallest absolute Gasteiger partial charge is 0.255 e.